The second-order valence-corrected chi connectivity index (χ2v) is 12.3. The Bertz CT molecular complexity index is 1260. The van der Waals surface area contributed by atoms with Crippen LogP contribution < -0.4 is 5.32 Å². The van der Waals surface area contributed by atoms with Gasteiger partial charge in [0.05, 0.1) is 0 Å². The molecule has 0 aliphatic heterocycles. The van der Waals surface area contributed by atoms with Gasteiger partial charge in [0.25, 0.3) is 0 Å². The largest absolute Gasteiger partial charge is 0.465 e. The Labute approximate surface area is 226 Å². The van der Waals surface area contributed by atoms with Crippen molar-refractivity contribution in [3.63, 3.8) is 0 Å². The predicted octanol–water partition coefficient (Wildman–Crippen LogP) is 6.72. The highest BCUT2D eigenvalue weighted by Gasteiger charge is 2.32. The lowest BCUT2D eigenvalue weighted by atomic mass is 9.80. The summed E-state index contributed by atoms with van der Waals surface area (Å²) in [5.74, 6) is 2.52. The van der Waals surface area contributed by atoms with Gasteiger partial charge in [0, 0.05) is 18.8 Å². The van der Waals surface area contributed by atoms with Gasteiger partial charge in [-0.25, -0.2) is 19.7 Å². The molecule has 9 heteroatoms. The summed E-state index contributed by atoms with van der Waals surface area (Å²) in [5, 5.41) is 21.6. The molecule has 0 aromatic carbocycles. The van der Waals surface area contributed by atoms with Gasteiger partial charge >= 0.3 is 6.09 Å². The third kappa shape index (κ3) is 5.33. The summed E-state index contributed by atoms with van der Waals surface area (Å²) in [7, 11) is 1.32. The number of aromatic nitrogens is 4. The third-order valence-corrected chi connectivity index (χ3v) is 8.52. The Balaban J connectivity index is 1.92. The van der Waals surface area contributed by atoms with Crippen molar-refractivity contribution in [2.45, 2.75) is 85.6 Å². The topological polar surface area (TPSA) is 120 Å². The van der Waals surface area contributed by atoms with E-state index < -0.39 is 6.09 Å². The second kappa shape index (κ2) is 10.5. The van der Waals surface area contributed by atoms with Crippen LogP contribution in [-0.4, -0.2) is 54.5 Å². The molecule has 0 bridgehead atoms. The Morgan fingerprint density at radius 1 is 1.13 bits per heavy atom. The first-order chi connectivity index (χ1) is 17.8. The number of amides is 1. The lowest BCUT2D eigenvalue weighted by Gasteiger charge is -2.33. The van der Waals surface area contributed by atoms with Crippen molar-refractivity contribution in [1.82, 2.24) is 24.4 Å². The Morgan fingerprint density at radius 2 is 1.76 bits per heavy atom. The highest BCUT2D eigenvalue weighted by atomic mass is 16.4. The van der Waals surface area contributed by atoms with Crippen LogP contribution in [0.3, 0.4) is 0 Å². The minimum atomic E-state index is -1.25. The molecular formula is C29H43N7O2. The Kier molecular flexibility index (Phi) is 7.68. The predicted molar refractivity (Wildman–Crippen MR) is 153 cm³/mol. The normalized spacial score (nSPS) is 21.0. The zero-order chi connectivity index (χ0) is 27.9. The van der Waals surface area contributed by atoms with E-state index in [9.17, 15) is 9.90 Å². The molecule has 1 amide bonds. The fourth-order valence-electron chi connectivity index (χ4n) is 5.30. The van der Waals surface area contributed by atoms with Crippen molar-refractivity contribution in [3.8, 4) is 0 Å². The number of carboxylic acid groups (broad SMARTS) is 1. The van der Waals surface area contributed by atoms with Crippen molar-refractivity contribution in [3.05, 3.63) is 24.8 Å². The van der Waals surface area contributed by atoms with Crippen molar-refractivity contribution in [2.24, 2.45) is 23.2 Å². The van der Waals surface area contributed by atoms with Crippen molar-refractivity contribution in [2.75, 3.05) is 12.4 Å². The molecule has 2 saturated carbocycles. The maximum Gasteiger partial charge on any atom is 0.412 e. The number of nitrogens with zero attached hydrogens (tertiary/aromatic N) is 5. The van der Waals surface area contributed by atoms with Crippen LogP contribution in [0.4, 0.5) is 10.6 Å². The van der Waals surface area contributed by atoms with E-state index in [1.807, 2.05) is 0 Å². The summed E-state index contributed by atoms with van der Waals surface area (Å²) in [4.78, 5) is 26.7. The zero-order valence-electron chi connectivity index (χ0n) is 23.8. The molecule has 2 heterocycles. The van der Waals surface area contributed by atoms with E-state index in [0.29, 0.717) is 35.0 Å². The molecule has 38 heavy (non-hydrogen) atoms. The number of nitrogens with one attached hydrogen (secondary N) is 2. The number of fused-ring (bicyclic) bond motifs is 1. The van der Waals surface area contributed by atoms with Gasteiger partial charge in [-0.15, -0.1) is 0 Å². The van der Waals surface area contributed by atoms with Crippen molar-refractivity contribution >= 4 is 40.2 Å². The molecule has 0 spiro atoms. The molecule has 1 atom stereocenters. The first-order valence-corrected chi connectivity index (χ1v) is 13.8. The van der Waals surface area contributed by atoms with Crippen LogP contribution >= 0.6 is 0 Å². The number of imidazole rings is 1. The third-order valence-electron chi connectivity index (χ3n) is 8.52. The molecule has 2 aromatic heterocycles. The average Bonchev–Trinajstić information content (AvgIpc) is 3.20. The van der Waals surface area contributed by atoms with Gasteiger partial charge in [0.1, 0.15) is 11.3 Å². The highest BCUT2D eigenvalue weighted by molar-refractivity contribution is 6.03. The van der Waals surface area contributed by atoms with Crippen LogP contribution in [0, 0.1) is 28.6 Å². The van der Waals surface area contributed by atoms with E-state index in [1.54, 1.807) is 0 Å². The van der Waals surface area contributed by atoms with Crippen molar-refractivity contribution in [1.29, 1.82) is 5.41 Å². The number of anilines is 1. The summed E-state index contributed by atoms with van der Waals surface area (Å²) in [6.07, 6.45) is 6.74. The molecule has 9 nitrogen and oxygen atoms in total. The minimum absolute atomic E-state index is 0.0142. The van der Waals surface area contributed by atoms with E-state index >= 15 is 0 Å². The molecule has 4 rings (SSSR count). The van der Waals surface area contributed by atoms with Gasteiger partial charge in [0.15, 0.2) is 23.1 Å². The van der Waals surface area contributed by atoms with E-state index in [-0.39, 0.29) is 23.1 Å². The first kappa shape index (κ1) is 27.8. The number of amidine groups is 1. The molecule has 2 aliphatic carbocycles. The molecule has 2 aliphatic rings. The smallest absolute Gasteiger partial charge is 0.412 e. The minimum Gasteiger partial charge on any atom is -0.465 e. The molecule has 3 N–H and O–H groups in total. The van der Waals surface area contributed by atoms with Gasteiger partial charge in [-0.05, 0) is 61.3 Å². The molecule has 0 saturated heterocycles. The number of hydrogen-bond acceptors (Lipinski definition) is 6. The SMILES string of the molecule is C=C(c1nc2nc(C(=N)N(C)C(=O)O)nc(N[C@H](C)C3CCC3)c2n1C(=C)[C@H]1CC[C@H](C)CC1)C(C)(C)C. The average molecular weight is 522 g/mol. The molecule has 206 valence electrons. The standard InChI is InChI=1S/C29H43N7O2/c1-16-12-14-21(15-13-16)19(4)36-22-24(31-18(3)20-10-9-11-20)32-26(23(30)35(8)28(37)38)33-25(22)34-27(36)17(2)29(5,6)7/h16,18,20-21,30H,2,4,9-15H2,1,3,5-8H3,(H,37,38)(H,31,32,33)/t16-,18-,21-/m1/s1. The van der Waals surface area contributed by atoms with Crippen LogP contribution in [0.5, 0.6) is 0 Å². The molecule has 2 aromatic rings. The van der Waals surface area contributed by atoms with Crippen LogP contribution in [0.2, 0.25) is 0 Å². The molecule has 0 unspecified atom stereocenters. The fraction of sp³-hybridized carbons (Fsp3) is 0.621. The molecular weight excluding hydrogens is 478 g/mol. The number of carbonyl (C=O) groups is 1. The zero-order valence-corrected chi connectivity index (χ0v) is 23.8. The van der Waals surface area contributed by atoms with Crippen LogP contribution in [0.25, 0.3) is 22.4 Å². The van der Waals surface area contributed by atoms with Gasteiger partial charge in [-0.2, -0.15) is 0 Å². The molecule has 0 radical (unpaired) electrons. The maximum atomic E-state index is 11.6. The summed E-state index contributed by atoms with van der Waals surface area (Å²) in [6.45, 7) is 19.8. The first-order valence-electron chi connectivity index (χ1n) is 13.8. The van der Waals surface area contributed by atoms with Crippen LogP contribution in [0.15, 0.2) is 13.2 Å². The summed E-state index contributed by atoms with van der Waals surface area (Å²) < 4.78 is 2.09. The van der Waals surface area contributed by atoms with E-state index in [1.165, 1.54) is 13.5 Å². The number of rotatable bonds is 7. The molecule has 2 fully saturated rings. The van der Waals surface area contributed by atoms with Crippen molar-refractivity contribution < 1.29 is 9.90 Å². The highest BCUT2D eigenvalue weighted by Crippen LogP contribution is 2.41. The van der Waals surface area contributed by atoms with E-state index in [4.69, 9.17) is 15.4 Å². The van der Waals surface area contributed by atoms with Gasteiger partial charge in [0.2, 0.25) is 0 Å². The van der Waals surface area contributed by atoms with Crippen LogP contribution in [-0.2, 0) is 0 Å². The summed E-state index contributed by atoms with van der Waals surface area (Å²) >= 11 is 0. The Morgan fingerprint density at radius 3 is 2.29 bits per heavy atom. The maximum absolute atomic E-state index is 11.6. The quantitative estimate of drug-likeness (QED) is 0.275. The number of allylic oxidation sites excluding steroid dienone is 2. The summed E-state index contributed by atoms with van der Waals surface area (Å²) in [5.41, 5.74) is 2.70. The van der Waals surface area contributed by atoms with Gasteiger partial charge < -0.3 is 10.4 Å². The monoisotopic (exact) mass is 521 g/mol. The second-order valence-electron chi connectivity index (χ2n) is 12.3. The number of hydrogen-bond donors (Lipinski definition) is 3. The van der Waals surface area contributed by atoms with E-state index in [0.717, 1.165) is 60.2 Å². The van der Waals surface area contributed by atoms with E-state index in [2.05, 4.69) is 62.6 Å². The van der Waals surface area contributed by atoms with Gasteiger partial charge in [-0.3, -0.25) is 14.9 Å². The lowest BCUT2D eigenvalue weighted by Crippen LogP contribution is -2.34. The van der Waals surface area contributed by atoms with Crippen LogP contribution in [0.1, 0.15) is 91.2 Å². The summed E-state index contributed by atoms with van der Waals surface area (Å²) in [6, 6.07) is 0.155. The fourth-order valence-corrected chi connectivity index (χ4v) is 5.30. The Hall–Kier alpha value is -3.23. The van der Waals surface area contributed by atoms with Gasteiger partial charge in [-0.1, -0.05) is 60.1 Å². The lowest BCUT2D eigenvalue weighted by molar-refractivity contribution is 0.175.